The van der Waals surface area contributed by atoms with Gasteiger partial charge in [-0.3, -0.25) is 19.3 Å². The number of carbonyl (C=O) groups is 1. The van der Waals surface area contributed by atoms with E-state index in [1.165, 1.54) is 0 Å². The smallest absolute Gasteiger partial charge is 0.289 e. The van der Waals surface area contributed by atoms with E-state index in [0.717, 1.165) is 0 Å². The molecule has 150 valence electrons. The summed E-state index contributed by atoms with van der Waals surface area (Å²) < 4.78 is 16.0. The van der Waals surface area contributed by atoms with Crippen LogP contribution in [-0.4, -0.2) is 56.7 Å². The van der Waals surface area contributed by atoms with E-state index in [1.54, 1.807) is 52.3 Å². The highest BCUT2D eigenvalue weighted by molar-refractivity contribution is 5.80. The third kappa shape index (κ3) is 3.75. The average Bonchev–Trinajstić information content (AvgIpc) is 3.30. The van der Waals surface area contributed by atoms with Gasteiger partial charge in [-0.2, -0.15) is 9.49 Å². The minimum atomic E-state index is -0.901. The fraction of sp³-hybridized carbons (Fsp3) is 0.300. The number of aromatic amines is 1. The van der Waals surface area contributed by atoms with Gasteiger partial charge in [0.2, 0.25) is 17.7 Å². The number of aromatic nitrogens is 4. The third-order valence-electron chi connectivity index (χ3n) is 5.07. The maximum atomic E-state index is 14.3. The van der Waals surface area contributed by atoms with E-state index in [4.69, 9.17) is 0 Å². The molecule has 1 amide bonds. The van der Waals surface area contributed by atoms with Crippen molar-refractivity contribution in [3.63, 3.8) is 0 Å². The first-order valence-corrected chi connectivity index (χ1v) is 9.42. The van der Waals surface area contributed by atoms with E-state index < -0.39 is 11.4 Å². The lowest BCUT2D eigenvalue weighted by Crippen LogP contribution is -2.51. The van der Waals surface area contributed by atoms with Gasteiger partial charge in [0.25, 0.3) is 5.56 Å². The zero-order chi connectivity index (χ0) is 20.4. The summed E-state index contributed by atoms with van der Waals surface area (Å²) in [5.74, 6) is -0.608. The summed E-state index contributed by atoms with van der Waals surface area (Å²) >= 11 is 0. The van der Waals surface area contributed by atoms with Crippen LogP contribution in [0.4, 0.5) is 10.3 Å². The Morgan fingerprint density at radius 3 is 2.52 bits per heavy atom. The molecule has 1 aromatic carbocycles. The first kappa shape index (κ1) is 18.9. The van der Waals surface area contributed by atoms with Gasteiger partial charge in [-0.15, -0.1) is 0 Å². The molecule has 1 unspecified atom stereocenters. The number of hydrogen-bond acceptors (Lipinski definition) is 5. The van der Waals surface area contributed by atoms with E-state index in [1.807, 2.05) is 17.9 Å². The minimum absolute atomic E-state index is 0.0149. The molecule has 1 aliphatic heterocycles. The summed E-state index contributed by atoms with van der Waals surface area (Å²) in [5, 5.41) is 4.12. The van der Waals surface area contributed by atoms with Gasteiger partial charge in [-0.05, 0) is 13.0 Å². The largest absolute Gasteiger partial charge is 0.339 e. The second-order valence-corrected chi connectivity index (χ2v) is 6.89. The highest BCUT2D eigenvalue weighted by atomic mass is 19.1. The number of rotatable bonds is 4. The van der Waals surface area contributed by atoms with Crippen LogP contribution in [0.5, 0.6) is 0 Å². The summed E-state index contributed by atoms with van der Waals surface area (Å²) in [4.78, 5) is 35.3. The number of anilines is 1. The zero-order valence-corrected chi connectivity index (χ0v) is 16.0. The Morgan fingerprint density at radius 1 is 1.14 bits per heavy atom. The van der Waals surface area contributed by atoms with Crippen molar-refractivity contribution in [2.45, 2.75) is 13.0 Å². The second-order valence-electron chi connectivity index (χ2n) is 6.89. The molecular weight excluding hydrogens is 375 g/mol. The van der Waals surface area contributed by atoms with E-state index in [-0.39, 0.29) is 17.6 Å². The maximum Gasteiger partial charge on any atom is 0.289 e. The summed E-state index contributed by atoms with van der Waals surface area (Å²) in [6.07, 6.45) is 3.40. The Balaban J connectivity index is 1.50. The molecule has 2 aromatic heterocycles. The lowest BCUT2D eigenvalue weighted by atomic mass is 10.1. The summed E-state index contributed by atoms with van der Waals surface area (Å²) in [7, 11) is 0. The van der Waals surface area contributed by atoms with E-state index in [2.05, 4.69) is 15.1 Å². The fourth-order valence-corrected chi connectivity index (χ4v) is 3.41. The minimum Gasteiger partial charge on any atom is -0.339 e. The molecule has 0 aliphatic carbocycles. The predicted octanol–water partition coefficient (Wildman–Crippen LogP) is 1.68. The number of piperazine rings is 1. The third-order valence-corrected chi connectivity index (χ3v) is 5.07. The van der Waals surface area contributed by atoms with Crippen molar-refractivity contribution in [3.05, 3.63) is 65.0 Å². The van der Waals surface area contributed by atoms with Crippen LogP contribution in [0.2, 0.25) is 0 Å². The molecule has 3 aromatic rings. The Labute approximate surface area is 166 Å². The van der Waals surface area contributed by atoms with Gasteiger partial charge in [0.05, 0.1) is 0 Å². The Kier molecular flexibility index (Phi) is 5.11. The van der Waals surface area contributed by atoms with Crippen LogP contribution in [0.1, 0.15) is 13.0 Å². The predicted molar refractivity (Wildman–Crippen MR) is 106 cm³/mol. The lowest BCUT2D eigenvalue weighted by Gasteiger charge is -2.36. The molecule has 8 nitrogen and oxygen atoms in total. The highest BCUT2D eigenvalue weighted by Crippen LogP contribution is 2.21. The molecule has 1 saturated heterocycles. The van der Waals surface area contributed by atoms with Gasteiger partial charge in [0, 0.05) is 44.1 Å². The van der Waals surface area contributed by atoms with E-state index in [0.29, 0.717) is 37.7 Å². The number of nitrogens with one attached hydrogen (secondary N) is 1. The second kappa shape index (κ2) is 7.86. The van der Waals surface area contributed by atoms with E-state index >= 15 is 0 Å². The molecule has 1 fully saturated rings. The Morgan fingerprint density at radius 2 is 1.86 bits per heavy atom. The fourth-order valence-electron chi connectivity index (χ4n) is 3.41. The summed E-state index contributed by atoms with van der Waals surface area (Å²) in [5.41, 5.74) is -0.242. The quantitative estimate of drug-likeness (QED) is 0.725. The first-order valence-electron chi connectivity index (χ1n) is 9.42. The topological polar surface area (TPSA) is 87.1 Å². The molecule has 0 spiro atoms. The number of H-pyrrole nitrogens is 1. The molecule has 0 bridgehead atoms. The normalized spacial score (nSPS) is 15.4. The first-order chi connectivity index (χ1) is 14.0. The van der Waals surface area contributed by atoms with Gasteiger partial charge in [-0.1, -0.05) is 30.3 Å². The SMILES string of the molecule is CC(C(=O)N1CCN(c2nc(-c3ccccc3)c(F)c(=O)[nH]2)CC1)n1cccn1. The number of amides is 1. The molecule has 1 N–H and O–H groups in total. The van der Waals surface area contributed by atoms with Crippen LogP contribution in [0.15, 0.2) is 53.6 Å². The Bertz CT molecular complexity index is 1040. The summed E-state index contributed by atoms with van der Waals surface area (Å²) in [6, 6.07) is 10.2. The number of benzene rings is 1. The van der Waals surface area contributed by atoms with Crippen LogP contribution in [0, 0.1) is 5.82 Å². The Hall–Kier alpha value is -3.49. The van der Waals surface area contributed by atoms with Crippen molar-refractivity contribution < 1.29 is 9.18 Å². The molecule has 0 saturated carbocycles. The maximum absolute atomic E-state index is 14.3. The molecule has 9 heteroatoms. The zero-order valence-electron chi connectivity index (χ0n) is 16.0. The molecule has 3 heterocycles. The van der Waals surface area contributed by atoms with Gasteiger partial charge < -0.3 is 9.80 Å². The molecule has 1 aliphatic rings. The molecular formula is C20H21FN6O2. The molecule has 0 radical (unpaired) electrons. The van der Waals surface area contributed by atoms with Crippen molar-refractivity contribution >= 4 is 11.9 Å². The van der Waals surface area contributed by atoms with Crippen LogP contribution in [-0.2, 0) is 4.79 Å². The number of nitrogens with zero attached hydrogens (tertiary/aromatic N) is 5. The number of carbonyl (C=O) groups excluding carboxylic acids is 1. The highest BCUT2D eigenvalue weighted by Gasteiger charge is 2.27. The van der Waals surface area contributed by atoms with Crippen LogP contribution >= 0.6 is 0 Å². The standard InChI is InChI=1S/C20H21FN6O2/c1-14(27-9-5-8-22-27)19(29)25-10-12-26(13-11-25)20-23-17(16(21)18(28)24-20)15-6-3-2-4-7-15/h2-9,14H,10-13H2,1H3,(H,23,24,28). The molecule has 29 heavy (non-hydrogen) atoms. The molecule has 1 atom stereocenters. The lowest BCUT2D eigenvalue weighted by molar-refractivity contribution is -0.134. The molecule has 4 rings (SSSR count). The van der Waals surface area contributed by atoms with E-state index in [9.17, 15) is 14.0 Å². The van der Waals surface area contributed by atoms with Crippen LogP contribution < -0.4 is 10.5 Å². The van der Waals surface area contributed by atoms with Crippen LogP contribution in [0.25, 0.3) is 11.3 Å². The number of hydrogen-bond donors (Lipinski definition) is 1. The average molecular weight is 396 g/mol. The van der Waals surface area contributed by atoms with Crippen molar-refractivity contribution in [3.8, 4) is 11.3 Å². The van der Waals surface area contributed by atoms with Gasteiger partial charge in [0.15, 0.2) is 0 Å². The number of halogens is 1. The van der Waals surface area contributed by atoms with Gasteiger partial charge >= 0.3 is 0 Å². The van der Waals surface area contributed by atoms with Crippen molar-refractivity contribution in [1.82, 2.24) is 24.6 Å². The van der Waals surface area contributed by atoms with Crippen molar-refractivity contribution in [2.75, 3.05) is 31.1 Å². The monoisotopic (exact) mass is 396 g/mol. The van der Waals surface area contributed by atoms with Crippen molar-refractivity contribution in [1.29, 1.82) is 0 Å². The van der Waals surface area contributed by atoms with Gasteiger partial charge in [-0.25, -0.2) is 4.98 Å². The van der Waals surface area contributed by atoms with Crippen LogP contribution in [0.3, 0.4) is 0 Å². The summed E-state index contributed by atoms with van der Waals surface area (Å²) in [6.45, 7) is 3.74. The van der Waals surface area contributed by atoms with Gasteiger partial charge in [0.1, 0.15) is 11.7 Å². The van der Waals surface area contributed by atoms with Crippen molar-refractivity contribution in [2.24, 2.45) is 0 Å².